The molecule has 0 unspecified atom stereocenters. The average Bonchev–Trinajstić information content (AvgIpc) is 2.52. The third kappa shape index (κ3) is 6.12. The van der Waals surface area contributed by atoms with Crippen LogP contribution in [0, 0.1) is 0 Å². The smallest absolute Gasteiger partial charge is 0.323 e. The van der Waals surface area contributed by atoms with E-state index < -0.39 is 34.3 Å². The maximum atomic E-state index is 11.8. The molecule has 0 aromatic heterocycles. The molecule has 0 bridgehead atoms. The first-order chi connectivity index (χ1) is 10.8. The van der Waals surface area contributed by atoms with Gasteiger partial charge in [-0.3, -0.25) is 9.59 Å². The highest BCUT2D eigenvalue weighted by molar-refractivity contribution is 7.90. The number of esters is 1. The number of methoxy groups -OCH3 is 2. The zero-order valence-corrected chi connectivity index (χ0v) is 13.7. The highest BCUT2D eigenvalue weighted by Gasteiger charge is 2.17. The van der Waals surface area contributed by atoms with Gasteiger partial charge < -0.3 is 19.5 Å². The van der Waals surface area contributed by atoms with E-state index in [0.29, 0.717) is 17.2 Å². The van der Waals surface area contributed by atoms with E-state index in [2.05, 4.69) is 10.1 Å². The number of hydrogen-bond donors (Lipinski definition) is 2. The van der Waals surface area contributed by atoms with Crippen LogP contribution in [0.3, 0.4) is 0 Å². The van der Waals surface area contributed by atoms with Crippen LogP contribution >= 0.6 is 0 Å². The third-order valence-corrected chi connectivity index (χ3v) is 3.90. The molecule has 10 heteroatoms. The van der Waals surface area contributed by atoms with E-state index in [0.717, 1.165) is 0 Å². The zero-order chi connectivity index (χ0) is 17.5. The van der Waals surface area contributed by atoms with Crippen LogP contribution in [0.1, 0.15) is 0 Å². The Bertz CT molecular complexity index is 673. The van der Waals surface area contributed by atoms with Crippen molar-refractivity contribution in [3.63, 3.8) is 0 Å². The first kappa shape index (κ1) is 18.7. The lowest BCUT2D eigenvalue weighted by atomic mass is 10.2. The van der Waals surface area contributed by atoms with Gasteiger partial charge in [0.2, 0.25) is 10.0 Å². The normalized spacial score (nSPS) is 10.7. The van der Waals surface area contributed by atoms with Crippen LogP contribution in [0.2, 0.25) is 0 Å². The summed E-state index contributed by atoms with van der Waals surface area (Å²) in [6, 6.07) is 4.78. The molecule has 1 rings (SSSR count). The minimum absolute atomic E-state index is 0.329. The second-order valence-corrected chi connectivity index (χ2v) is 6.16. The molecule has 0 radical (unpaired) electrons. The van der Waals surface area contributed by atoms with Crippen molar-refractivity contribution in [1.29, 1.82) is 0 Å². The summed E-state index contributed by atoms with van der Waals surface area (Å²) >= 11 is 0. The molecule has 0 spiro atoms. The number of ether oxygens (including phenoxy) is 3. The molecule has 23 heavy (non-hydrogen) atoms. The summed E-state index contributed by atoms with van der Waals surface area (Å²) in [5.74, 6) is -1.65. The van der Waals surface area contributed by atoms with Crippen molar-refractivity contribution in [2.24, 2.45) is 0 Å². The quantitative estimate of drug-likeness (QED) is 0.622. The zero-order valence-electron chi connectivity index (χ0n) is 12.9. The number of nitrogens with one attached hydrogen (secondary N) is 2. The Labute approximate surface area is 134 Å². The summed E-state index contributed by atoms with van der Waals surface area (Å²) in [7, 11) is 0.333. The van der Waals surface area contributed by atoms with E-state index >= 15 is 0 Å². The van der Waals surface area contributed by atoms with Crippen molar-refractivity contribution in [2.75, 3.05) is 38.9 Å². The molecular formula is C13H18N2O7S. The fourth-order valence-corrected chi connectivity index (χ4v) is 2.05. The van der Waals surface area contributed by atoms with Crippen LogP contribution in [0.15, 0.2) is 18.2 Å². The first-order valence-corrected chi connectivity index (χ1v) is 8.05. The largest absolute Gasteiger partial charge is 0.497 e. The van der Waals surface area contributed by atoms with Gasteiger partial charge in [0.15, 0.2) is 12.4 Å². The lowest BCUT2D eigenvalue weighted by molar-refractivity contribution is -0.144. The molecule has 1 aromatic carbocycles. The Kier molecular flexibility index (Phi) is 6.79. The number of amides is 1. The van der Waals surface area contributed by atoms with Gasteiger partial charge in [0.25, 0.3) is 5.91 Å². The molecule has 0 heterocycles. The third-order valence-electron chi connectivity index (χ3n) is 2.66. The molecule has 0 atom stereocenters. The number of anilines is 1. The second kappa shape index (κ2) is 8.34. The molecule has 0 saturated carbocycles. The van der Waals surface area contributed by atoms with Gasteiger partial charge in [-0.2, -0.15) is 0 Å². The SMILES string of the molecule is CNS(=O)(=O)CC(=O)OCC(=O)Nc1cc(OC)ccc1OC. The summed E-state index contributed by atoms with van der Waals surface area (Å²) in [5.41, 5.74) is 0.329. The Hall–Kier alpha value is -2.33. The summed E-state index contributed by atoms with van der Waals surface area (Å²) < 4.78 is 39.0. The molecule has 0 aliphatic carbocycles. The predicted molar refractivity (Wildman–Crippen MR) is 82.0 cm³/mol. The maximum Gasteiger partial charge on any atom is 0.323 e. The van der Waals surface area contributed by atoms with Crippen molar-refractivity contribution in [3.05, 3.63) is 18.2 Å². The molecule has 0 saturated heterocycles. The molecule has 9 nitrogen and oxygen atoms in total. The van der Waals surface area contributed by atoms with Crippen molar-refractivity contribution in [1.82, 2.24) is 4.72 Å². The predicted octanol–water partition coefficient (Wildman–Crippen LogP) is -0.265. The lowest BCUT2D eigenvalue weighted by Crippen LogP contribution is -2.30. The van der Waals surface area contributed by atoms with Gasteiger partial charge in [0.1, 0.15) is 11.5 Å². The summed E-state index contributed by atoms with van der Waals surface area (Å²) in [5, 5.41) is 2.48. The van der Waals surface area contributed by atoms with Gasteiger partial charge in [-0.1, -0.05) is 0 Å². The molecule has 0 aliphatic heterocycles. The molecule has 0 aliphatic rings. The van der Waals surface area contributed by atoms with Crippen LogP contribution in [-0.4, -0.2) is 53.9 Å². The van der Waals surface area contributed by atoms with Gasteiger partial charge in [-0.25, -0.2) is 13.1 Å². The highest BCUT2D eigenvalue weighted by atomic mass is 32.2. The number of benzene rings is 1. The number of carbonyl (C=O) groups is 2. The van der Waals surface area contributed by atoms with Gasteiger partial charge in [-0.05, 0) is 19.2 Å². The fourth-order valence-electron chi connectivity index (χ4n) is 1.51. The Morgan fingerprint density at radius 1 is 1.17 bits per heavy atom. The van der Waals surface area contributed by atoms with Gasteiger partial charge in [0, 0.05) is 6.07 Å². The fraction of sp³-hybridized carbons (Fsp3) is 0.385. The lowest BCUT2D eigenvalue weighted by Gasteiger charge is -2.12. The Morgan fingerprint density at radius 2 is 1.87 bits per heavy atom. The van der Waals surface area contributed by atoms with Crippen LogP contribution in [0.4, 0.5) is 5.69 Å². The standard InChI is InChI=1S/C13H18N2O7S/c1-14-23(18,19)8-13(17)22-7-12(16)15-10-6-9(20-2)4-5-11(10)21-3/h4-6,14H,7-8H2,1-3H3,(H,15,16). The molecular weight excluding hydrogens is 328 g/mol. The topological polar surface area (TPSA) is 120 Å². The highest BCUT2D eigenvalue weighted by Crippen LogP contribution is 2.28. The van der Waals surface area contributed by atoms with Crippen LogP contribution in [0.5, 0.6) is 11.5 Å². The summed E-state index contributed by atoms with van der Waals surface area (Å²) in [4.78, 5) is 23.1. The van der Waals surface area contributed by atoms with Crippen LogP contribution < -0.4 is 19.5 Å². The van der Waals surface area contributed by atoms with Crippen molar-refractivity contribution < 1.29 is 32.2 Å². The van der Waals surface area contributed by atoms with Crippen molar-refractivity contribution >= 4 is 27.6 Å². The Balaban J connectivity index is 2.62. The number of hydrogen-bond acceptors (Lipinski definition) is 7. The summed E-state index contributed by atoms with van der Waals surface area (Å²) in [6.45, 7) is -0.627. The van der Waals surface area contributed by atoms with E-state index in [4.69, 9.17) is 9.47 Å². The molecule has 2 N–H and O–H groups in total. The molecule has 0 fully saturated rings. The van der Waals surface area contributed by atoms with E-state index in [-0.39, 0.29) is 0 Å². The van der Waals surface area contributed by atoms with Crippen LogP contribution in [0.25, 0.3) is 0 Å². The molecule has 1 aromatic rings. The Morgan fingerprint density at radius 3 is 2.43 bits per heavy atom. The number of sulfonamides is 1. The van der Waals surface area contributed by atoms with E-state index in [9.17, 15) is 18.0 Å². The first-order valence-electron chi connectivity index (χ1n) is 6.40. The summed E-state index contributed by atoms with van der Waals surface area (Å²) in [6.07, 6.45) is 0. The van der Waals surface area contributed by atoms with E-state index in [1.54, 1.807) is 12.1 Å². The van der Waals surface area contributed by atoms with Crippen LogP contribution in [-0.2, 0) is 24.3 Å². The van der Waals surface area contributed by atoms with Gasteiger partial charge >= 0.3 is 5.97 Å². The van der Waals surface area contributed by atoms with Crippen molar-refractivity contribution in [3.8, 4) is 11.5 Å². The van der Waals surface area contributed by atoms with E-state index in [1.165, 1.54) is 27.3 Å². The maximum absolute atomic E-state index is 11.8. The number of rotatable bonds is 8. The average molecular weight is 346 g/mol. The number of carbonyl (C=O) groups excluding carboxylic acids is 2. The minimum atomic E-state index is -3.74. The molecule has 128 valence electrons. The molecule has 1 amide bonds. The second-order valence-electron chi connectivity index (χ2n) is 4.24. The monoisotopic (exact) mass is 346 g/mol. The van der Waals surface area contributed by atoms with Gasteiger partial charge in [0.05, 0.1) is 19.9 Å². The van der Waals surface area contributed by atoms with E-state index in [1.807, 2.05) is 4.72 Å². The van der Waals surface area contributed by atoms with Crippen molar-refractivity contribution in [2.45, 2.75) is 0 Å². The minimum Gasteiger partial charge on any atom is -0.497 e. The van der Waals surface area contributed by atoms with Gasteiger partial charge in [-0.15, -0.1) is 0 Å².